The zero-order valence-electron chi connectivity index (χ0n) is 12.9. The van der Waals surface area contributed by atoms with Gasteiger partial charge in [-0.15, -0.1) is 0 Å². The lowest BCUT2D eigenvalue weighted by Crippen LogP contribution is -2.39. The standard InChI is InChI=1S/C14H23NO5S/c1-5-19-14(20-6-2)11-15(21(4,16)17)12-7-9-13(18-3)10-8-12/h7-10,14H,5-6,11H2,1-4H3. The predicted octanol–water partition coefficient (Wildman–Crippen LogP) is 1.86. The van der Waals surface area contributed by atoms with E-state index in [1.165, 1.54) is 4.31 Å². The van der Waals surface area contributed by atoms with Crippen LogP contribution in [0.15, 0.2) is 24.3 Å². The molecule has 0 unspecified atom stereocenters. The Labute approximate surface area is 126 Å². The summed E-state index contributed by atoms with van der Waals surface area (Å²) in [5.74, 6) is 0.665. The van der Waals surface area contributed by atoms with Crippen molar-refractivity contribution in [2.45, 2.75) is 20.1 Å². The highest BCUT2D eigenvalue weighted by Crippen LogP contribution is 2.22. The topological polar surface area (TPSA) is 65.1 Å². The van der Waals surface area contributed by atoms with E-state index in [4.69, 9.17) is 14.2 Å². The first kappa shape index (κ1) is 17.7. The molecule has 1 aromatic rings. The van der Waals surface area contributed by atoms with Crippen molar-refractivity contribution >= 4 is 15.7 Å². The number of rotatable bonds is 9. The molecule has 0 saturated carbocycles. The van der Waals surface area contributed by atoms with Gasteiger partial charge >= 0.3 is 0 Å². The molecule has 6 nitrogen and oxygen atoms in total. The average Bonchev–Trinajstić information content (AvgIpc) is 2.44. The van der Waals surface area contributed by atoms with Crippen molar-refractivity contribution < 1.29 is 22.6 Å². The van der Waals surface area contributed by atoms with E-state index in [9.17, 15) is 8.42 Å². The van der Waals surface area contributed by atoms with Gasteiger partial charge in [-0.05, 0) is 38.1 Å². The van der Waals surface area contributed by atoms with Gasteiger partial charge in [0, 0.05) is 13.2 Å². The van der Waals surface area contributed by atoms with Crippen LogP contribution in [0, 0.1) is 0 Å². The van der Waals surface area contributed by atoms with Crippen molar-refractivity contribution in [3.05, 3.63) is 24.3 Å². The maximum Gasteiger partial charge on any atom is 0.232 e. The third-order valence-corrected chi connectivity index (χ3v) is 3.94. The van der Waals surface area contributed by atoms with Gasteiger partial charge in [-0.2, -0.15) is 0 Å². The summed E-state index contributed by atoms with van der Waals surface area (Å²) in [6, 6.07) is 6.80. The minimum atomic E-state index is -3.44. The Morgan fingerprint density at radius 2 is 1.62 bits per heavy atom. The summed E-state index contributed by atoms with van der Waals surface area (Å²) in [5.41, 5.74) is 0.544. The minimum Gasteiger partial charge on any atom is -0.497 e. The maximum absolute atomic E-state index is 12.0. The van der Waals surface area contributed by atoms with Crippen LogP contribution in [0.1, 0.15) is 13.8 Å². The van der Waals surface area contributed by atoms with E-state index < -0.39 is 16.3 Å². The van der Waals surface area contributed by atoms with Crippen molar-refractivity contribution in [3.8, 4) is 5.75 Å². The molecule has 0 amide bonds. The molecule has 0 saturated heterocycles. The molecule has 7 heteroatoms. The Morgan fingerprint density at radius 3 is 2.00 bits per heavy atom. The zero-order chi connectivity index (χ0) is 15.9. The Balaban J connectivity index is 2.99. The molecule has 0 aliphatic heterocycles. The molecule has 0 heterocycles. The number of nitrogens with zero attached hydrogens (tertiary/aromatic N) is 1. The van der Waals surface area contributed by atoms with E-state index in [2.05, 4.69) is 0 Å². The van der Waals surface area contributed by atoms with Gasteiger partial charge < -0.3 is 14.2 Å². The number of ether oxygens (including phenoxy) is 3. The van der Waals surface area contributed by atoms with Crippen molar-refractivity contribution in [3.63, 3.8) is 0 Å². The first-order valence-electron chi connectivity index (χ1n) is 6.77. The Kier molecular flexibility index (Phi) is 6.94. The van der Waals surface area contributed by atoms with E-state index in [1.54, 1.807) is 31.4 Å². The highest BCUT2D eigenvalue weighted by atomic mass is 32.2. The lowest BCUT2D eigenvalue weighted by molar-refractivity contribution is -0.128. The van der Waals surface area contributed by atoms with Crippen molar-refractivity contribution in [1.29, 1.82) is 0 Å². The van der Waals surface area contributed by atoms with Crippen molar-refractivity contribution in [2.24, 2.45) is 0 Å². The summed E-state index contributed by atoms with van der Waals surface area (Å²) in [6.45, 7) is 4.68. The Hall–Kier alpha value is -1.31. The number of sulfonamides is 1. The Bertz CT molecular complexity index is 509. The van der Waals surface area contributed by atoms with Gasteiger partial charge in [0.1, 0.15) is 5.75 Å². The molecule has 120 valence electrons. The minimum absolute atomic E-state index is 0.104. The molecule has 0 aliphatic rings. The number of hydrogen-bond donors (Lipinski definition) is 0. The fourth-order valence-electron chi connectivity index (χ4n) is 1.84. The van der Waals surface area contributed by atoms with Crippen LogP contribution in [0.3, 0.4) is 0 Å². The predicted molar refractivity (Wildman–Crippen MR) is 82.2 cm³/mol. The van der Waals surface area contributed by atoms with Crippen LogP contribution < -0.4 is 9.04 Å². The highest BCUT2D eigenvalue weighted by molar-refractivity contribution is 7.92. The van der Waals surface area contributed by atoms with Crippen LogP contribution in [0.4, 0.5) is 5.69 Å². The second kappa shape index (κ2) is 8.21. The normalized spacial score (nSPS) is 11.7. The quantitative estimate of drug-likeness (QED) is 0.651. The summed E-state index contributed by atoms with van der Waals surface area (Å²) in [5, 5.41) is 0. The second-order valence-electron chi connectivity index (χ2n) is 4.33. The third-order valence-electron chi connectivity index (χ3n) is 2.78. The van der Waals surface area contributed by atoms with Crippen LogP contribution in [0.25, 0.3) is 0 Å². The second-order valence-corrected chi connectivity index (χ2v) is 6.24. The van der Waals surface area contributed by atoms with Crippen LogP contribution in [0.5, 0.6) is 5.75 Å². The largest absolute Gasteiger partial charge is 0.497 e. The first-order chi connectivity index (χ1) is 9.92. The third kappa shape index (κ3) is 5.53. The van der Waals surface area contributed by atoms with E-state index in [0.717, 1.165) is 6.26 Å². The summed E-state index contributed by atoms with van der Waals surface area (Å²) in [7, 11) is -1.88. The summed E-state index contributed by atoms with van der Waals surface area (Å²) in [6.07, 6.45) is 0.559. The van der Waals surface area contributed by atoms with Crippen molar-refractivity contribution in [1.82, 2.24) is 0 Å². The fourth-order valence-corrected chi connectivity index (χ4v) is 2.74. The number of anilines is 1. The van der Waals surface area contributed by atoms with E-state index in [1.807, 2.05) is 13.8 Å². The number of hydrogen-bond acceptors (Lipinski definition) is 5. The lowest BCUT2D eigenvalue weighted by atomic mass is 10.3. The Morgan fingerprint density at radius 1 is 1.10 bits per heavy atom. The van der Waals surface area contributed by atoms with Gasteiger partial charge in [0.25, 0.3) is 0 Å². The molecule has 0 radical (unpaired) electrons. The molecule has 1 aromatic carbocycles. The van der Waals surface area contributed by atoms with Gasteiger partial charge in [-0.25, -0.2) is 8.42 Å². The summed E-state index contributed by atoms with van der Waals surface area (Å²) >= 11 is 0. The highest BCUT2D eigenvalue weighted by Gasteiger charge is 2.22. The molecule has 0 fully saturated rings. The molecular weight excluding hydrogens is 294 g/mol. The average molecular weight is 317 g/mol. The van der Waals surface area contributed by atoms with Gasteiger partial charge in [0.05, 0.1) is 25.6 Å². The van der Waals surface area contributed by atoms with E-state index >= 15 is 0 Å². The molecule has 0 aromatic heterocycles. The molecule has 0 N–H and O–H groups in total. The molecule has 0 aliphatic carbocycles. The number of methoxy groups -OCH3 is 1. The lowest BCUT2D eigenvalue weighted by Gasteiger charge is -2.27. The van der Waals surface area contributed by atoms with Gasteiger partial charge in [0.2, 0.25) is 10.0 Å². The molecule has 0 atom stereocenters. The van der Waals surface area contributed by atoms with E-state index in [0.29, 0.717) is 24.7 Å². The monoisotopic (exact) mass is 317 g/mol. The molecule has 0 spiro atoms. The van der Waals surface area contributed by atoms with Gasteiger partial charge in [-0.3, -0.25) is 4.31 Å². The van der Waals surface area contributed by atoms with Crippen LogP contribution >= 0.6 is 0 Å². The fraction of sp³-hybridized carbons (Fsp3) is 0.571. The van der Waals surface area contributed by atoms with Crippen LogP contribution in [-0.4, -0.2) is 47.8 Å². The van der Waals surface area contributed by atoms with Gasteiger partial charge in [-0.1, -0.05) is 0 Å². The number of benzene rings is 1. The maximum atomic E-state index is 12.0. The first-order valence-corrected chi connectivity index (χ1v) is 8.62. The van der Waals surface area contributed by atoms with Crippen molar-refractivity contribution in [2.75, 3.05) is 37.4 Å². The molecular formula is C14H23NO5S. The summed E-state index contributed by atoms with van der Waals surface area (Å²) < 4.78 is 41.2. The summed E-state index contributed by atoms with van der Waals surface area (Å²) in [4.78, 5) is 0. The van der Waals surface area contributed by atoms with Gasteiger partial charge in [0.15, 0.2) is 6.29 Å². The smallest absolute Gasteiger partial charge is 0.232 e. The van der Waals surface area contributed by atoms with Crippen LogP contribution in [-0.2, 0) is 19.5 Å². The van der Waals surface area contributed by atoms with Crippen LogP contribution in [0.2, 0.25) is 0 Å². The molecule has 1 rings (SSSR count). The SMILES string of the molecule is CCOC(CN(c1ccc(OC)cc1)S(C)(=O)=O)OCC. The molecule has 21 heavy (non-hydrogen) atoms. The zero-order valence-corrected chi connectivity index (χ0v) is 13.7. The molecule has 0 bridgehead atoms. The van der Waals surface area contributed by atoms with E-state index in [-0.39, 0.29) is 6.54 Å².